The number of rotatable bonds is 4. The molecule has 0 aliphatic heterocycles. The predicted octanol–water partition coefficient (Wildman–Crippen LogP) is 3.08. The van der Waals surface area contributed by atoms with Gasteiger partial charge in [0.25, 0.3) is 0 Å². The molecule has 0 bridgehead atoms. The van der Waals surface area contributed by atoms with Crippen molar-refractivity contribution >= 4 is 0 Å². The Balaban J connectivity index is 2.28. The predicted molar refractivity (Wildman–Crippen MR) is 77.7 cm³/mol. The Hall–Kier alpha value is -2.38. The summed E-state index contributed by atoms with van der Waals surface area (Å²) in [5.41, 5.74) is 3.37. The topological polar surface area (TPSA) is 57.9 Å². The fourth-order valence-electron chi connectivity index (χ4n) is 2.00. The SMILES string of the molecule is CNCc1ccc(Oc2nc(C)cc(C)c2C#N)cc1. The first kappa shape index (κ1) is 14.0. The molecule has 2 rings (SSSR count). The highest BCUT2D eigenvalue weighted by atomic mass is 16.5. The van der Waals surface area contributed by atoms with Crippen LogP contribution in [0.1, 0.15) is 22.4 Å². The summed E-state index contributed by atoms with van der Waals surface area (Å²) in [6, 6.07) is 11.8. The Kier molecular flexibility index (Phi) is 4.34. The van der Waals surface area contributed by atoms with E-state index in [-0.39, 0.29) is 0 Å². The minimum absolute atomic E-state index is 0.367. The van der Waals surface area contributed by atoms with Crippen molar-refractivity contribution in [1.82, 2.24) is 10.3 Å². The molecule has 0 fully saturated rings. The third-order valence-electron chi connectivity index (χ3n) is 2.94. The van der Waals surface area contributed by atoms with Crippen molar-refractivity contribution in [2.75, 3.05) is 7.05 Å². The van der Waals surface area contributed by atoms with E-state index in [9.17, 15) is 5.26 Å². The molecule has 0 amide bonds. The molecule has 1 aromatic heterocycles. The average molecular weight is 267 g/mol. The van der Waals surface area contributed by atoms with Gasteiger partial charge in [-0.3, -0.25) is 0 Å². The van der Waals surface area contributed by atoms with Crippen molar-refractivity contribution in [2.45, 2.75) is 20.4 Å². The molecule has 0 saturated carbocycles. The lowest BCUT2D eigenvalue weighted by Crippen LogP contribution is -2.04. The van der Waals surface area contributed by atoms with Gasteiger partial charge < -0.3 is 10.1 Å². The fraction of sp³-hybridized carbons (Fsp3) is 0.250. The van der Waals surface area contributed by atoms with E-state index < -0.39 is 0 Å². The molecule has 1 heterocycles. The summed E-state index contributed by atoms with van der Waals surface area (Å²) in [7, 11) is 1.91. The van der Waals surface area contributed by atoms with Crippen LogP contribution in [0.15, 0.2) is 30.3 Å². The lowest BCUT2D eigenvalue weighted by Gasteiger charge is -2.09. The molecule has 4 heteroatoms. The standard InChI is InChI=1S/C16H17N3O/c1-11-8-12(2)19-16(15(11)9-17)20-14-6-4-13(5-7-14)10-18-3/h4-8,18H,10H2,1-3H3. The van der Waals surface area contributed by atoms with E-state index in [1.165, 1.54) is 5.56 Å². The van der Waals surface area contributed by atoms with Crippen LogP contribution in [0.3, 0.4) is 0 Å². The van der Waals surface area contributed by atoms with E-state index in [0.717, 1.165) is 17.8 Å². The van der Waals surface area contributed by atoms with Crippen LogP contribution in [0.4, 0.5) is 0 Å². The van der Waals surface area contributed by atoms with Gasteiger partial charge in [0.05, 0.1) is 0 Å². The molecule has 0 aliphatic carbocycles. The van der Waals surface area contributed by atoms with E-state index in [1.807, 2.05) is 51.2 Å². The maximum atomic E-state index is 9.20. The third-order valence-corrected chi connectivity index (χ3v) is 2.94. The van der Waals surface area contributed by atoms with Crippen LogP contribution in [0.2, 0.25) is 0 Å². The van der Waals surface area contributed by atoms with Crippen LogP contribution < -0.4 is 10.1 Å². The Morgan fingerprint density at radius 3 is 2.55 bits per heavy atom. The molecule has 1 N–H and O–H groups in total. The van der Waals surface area contributed by atoms with Crippen molar-refractivity contribution < 1.29 is 4.74 Å². The summed E-state index contributed by atoms with van der Waals surface area (Å²) < 4.78 is 5.74. The summed E-state index contributed by atoms with van der Waals surface area (Å²) in [5, 5.41) is 12.3. The minimum atomic E-state index is 0.367. The monoisotopic (exact) mass is 267 g/mol. The van der Waals surface area contributed by atoms with Crippen LogP contribution in [-0.2, 0) is 6.54 Å². The Labute approximate surface area is 119 Å². The second-order valence-corrected chi connectivity index (χ2v) is 4.65. The van der Waals surface area contributed by atoms with Crippen LogP contribution in [0.5, 0.6) is 11.6 Å². The molecule has 0 atom stereocenters. The van der Waals surface area contributed by atoms with E-state index in [2.05, 4.69) is 16.4 Å². The molecular weight excluding hydrogens is 250 g/mol. The van der Waals surface area contributed by atoms with E-state index in [4.69, 9.17) is 4.74 Å². The number of hydrogen-bond acceptors (Lipinski definition) is 4. The van der Waals surface area contributed by atoms with Gasteiger partial charge in [-0.05, 0) is 50.2 Å². The molecule has 20 heavy (non-hydrogen) atoms. The van der Waals surface area contributed by atoms with Gasteiger partial charge >= 0.3 is 0 Å². The first-order valence-electron chi connectivity index (χ1n) is 6.43. The molecule has 0 unspecified atom stereocenters. The van der Waals surface area contributed by atoms with E-state index >= 15 is 0 Å². The second-order valence-electron chi connectivity index (χ2n) is 4.65. The van der Waals surface area contributed by atoms with E-state index in [0.29, 0.717) is 17.2 Å². The zero-order chi connectivity index (χ0) is 14.5. The Morgan fingerprint density at radius 2 is 1.95 bits per heavy atom. The number of nitriles is 1. The zero-order valence-corrected chi connectivity index (χ0v) is 11.9. The van der Waals surface area contributed by atoms with Gasteiger partial charge in [0, 0.05) is 12.2 Å². The maximum Gasteiger partial charge on any atom is 0.237 e. The van der Waals surface area contributed by atoms with Crippen molar-refractivity contribution in [3.63, 3.8) is 0 Å². The van der Waals surface area contributed by atoms with Gasteiger partial charge in [-0.2, -0.15) is 5.26 Å². The molecule has 0 radical (unpaired) electrons. The van der Waals surface area contributed by atoms with Crippen LogP contribution in [-0.4, -0.2) is 12.0 Å². The van der Waals surface area contributed by atoms with Gasteiger partial charge in [-0.25, -0.2) is 4.98 Å². The summed E-state index contributed by atoms with van der Waals surface area (Å²) >= 11 is 0. The van der Waals surface area contributed by atoms with Crippen molar-refractivity contribution in [3.8, 4) is 17.7 Å². The molecular formula is C16H17N3O. The highest BCUT2D eigenvalue weighted by Gasteiger charge is 2.10. The van der Waals surface area contributed by atoms with Gasteiger partial charge in [0.2, 0.25) is 5.88 Å². The minimum Gasteiger partial charge on any atom is -0.438 e. The van der Waals surface area contributed by atoms with Gasteiger partial charge in [-0.1, -0.05) is 12.1 Å². The van der Waals surface area contributed by atoms with Gasteiger partial charge in [0.15, 0.2) is 0 Å². The number of pyridine rings is 1. The van der Waals surface area contributed by atoms with E-state index in [1.54, 1.807) is 0 Å². The summed E-state index contributed by atoms with van der Waals surface area (Å²) in [6.07, 6.45) is 0. The van der Waals surface area contributed by atoms with Gasteiger partial charge in [-0.15, -0.1) is 0 Å². The second kappa shape index (κ2) is 6.18. The zero-order valence-electron chi connectivity index (χ0n) is 11.9. The highest BCUT2D eigenvalue weighted by molar-refractivity contribution is 5.47. The van der Waals surface area contributed by atoms with Crippen molar-refractivity contribution in [1.29, 1.82) is 5.26 Å². The highest BCUT2D eigenvalue weighted by Crippen LogP contribution is 2.25. The van der Waals surface area contributed by atoms with Crippen LogP contribution in [0, 0.1) is 25.2 Å². The average Bonchev–Trinajstić information content (AvgIpc) is 2.41. The number of nitrogens with zero attached hydrogens (tertiary/aromatic N) is 2. The normalized spacial score (nSPS) is 10.1. The largest absolute Gasteiger partial charge is 0.438 e. The number of benzene rings is 1. The number of ether oxygens (including phenoxy) is 1. The lowest BCUT2D eigenvalue weighted by atomic mass is 10.1. The summed E-state index contributed by atoms with van der Waals surface area (Å²) in [6.45, 7) is 4.58. The van der Waals surface area contributed by atoms with Crippen LogP contribution >= 0.6 is 0 Å². The number of nitrogens with one attached hydrogen (secondary N) is 1. The molecule has 1 aromatic carbocycles. The fourth-order valence-corrected chi connectivity index (χ4v) is 2.00. The number of aromatic nitrogens is 1. The van der Waals surface area contributed by atoms with Crippen LogP contribution in [0.25, 0.3) is 0 Å². The first-order chi connectivity index (χ1) is 9.63. The summed E-state index contributed by atoms with van der Waals surface area (Å²) in [5.74, 6) is 1.05. The molecule has 0 spiro atoms. The van der Waals surface area contributed by atoms with Gasteiger partial charge in [0.1, 0.15) is 17.4 Å². The molecule has 0 saturated heterocycles. The molecule has 2 aromatic rings. The van der Waals surface area contributed by atoms with Crippen molar-refractivity contribution in [3.05, 3.63) is 52.7 Å². The number of hydrogen-bond donors (Lipinski definition) is 1. The first-order valence-corrected chi connectivity index (χ1v) is 6.43. The maximum absolute atomic E-state index is 9.20. The third kappa shape index (κ3) is 3.14. The Bertz CT molecular complexity index is 642. The Morgan fingerprint density at radius 1 is 1.25 bits per heavy atom. The summed E-state index contributed by atoms with van der Waals surface area (Å²) in [4.78, 5) is 4.30. The smallest absolute Gasteiger partial charge is 0.237 e. The number of aryl methyl sites for hydroxylation is 2. The molecule has 102 valence electrons. The molecule has 0 aliphatic rings. The van der Waals surface area contributed by atoms with Crippen molar-refractivity contribution in [2.24, 2.45) is 0 Å². The molecule has 4 nitrogen and oxygen atoms in total. The quantitative estimate of drug-likeness (QED) is 0.924. The lowest BCUT2D eigenvalue weighted by molar-refractivity contribution is 0.459.